The van der Waals surface area contributed by atoms with Gasteiger partial charge in [0.2, 0.25) is 5.95 Å². The predicted molar refractivity (Wildman–Crippen MR) is 89.3 cm³/mol. The fourth-order valence-corrected chi connectivity index (χ4v) is 4.44. The van der Waals surface area contributed by atoms with Crippen LogP contribution < -0.4 is 10.6 Å². The first kappa shape index (κ1) is 15.0. The molecule has 3 atom stereocenters. The van der Waals surface area contributed by atoms with E-state index in [9.17, 15) is 10.2 Å². The highest BCUT2D eigenvalue weighted by molar-refractivity contribution is 8.00. The smallest absolute Gasteiger partial charge is 0.224 e. The first-order valence-corrected chi connectivity index (χ1v) is 8.70. The summed E-state index contributed by atoms with van der Waals surface area (Å²) < 4.78 is 1.93. The standard InChI is InChI=1S/C14H20N6O2S/c1-19(7-2-3-7)12-11-13(18-14(15)17-12)20(6-16-11)10-4-8(22)9(5-21)23-10/h6-10,21-22H,2-5H2,1H3,(H2,15,17,18)/t8-,9+,10+/m0/s1. The van der Waals surface area contributed by atoms with Crippen LogP contribution >= 0.6 is 11.8 Å². The molecule has 8 nitrogen and oxygen atoms in total. The van der Waals surface area contributed by atoms with Crippen LogP contribution in [0.1, 0.15) is 24.6 Å². The maximum absolute atomic E-state index is 10.0. The van der Waals surface area contributed by atoms with Gasteiger partial charge in [0.05, 0.1) is 29.7 Å². The lowest BCUT2D eigenvalue weighted by Gasteiger charge is -2.18. The molecule has 0 aromatic carbocycles. The summed E-state index contributed by atoms with van der Waals surface area (Å²) in [6, 6.07) is 0.499. The quantitative estimate of drug-likeness (QED) is 0.734. The van der Waals surface area contributed by atoms with Crippen molar-refractivity contribution in [3.8, 4) is 0 Å². The number of rotatable bonds is 4. The molecule has 0 bridgehead atoms. The molecule has 2 aromatic rings. The Hall–Kier alpha value is -1.58. The van der Waals surface area contributed by atoms with Gasteiger partial charge in [0.15, 0.2) is 17.0 Å². The van der Waals surface area contributed by atoms with E-state index in [1.807, 2.05) is 11.6 Å². The molecule has 3 heterocycles. The Morgan fingerprint density at radius 2 is 2.22 bits per heavy atom. The summed E-state index contributed by atoms with van der Waals surface area (Å²) in [6.07, 6.45) is 4.07. The molecule has 1 aliphatic heterocycles. The van der Waals surface area contributed by atoms with Gasteiger partial charge in [-0.05, 0) is 12.8 Å². The number of fused-ring (bicyclic) bond motifs is 1. The van der Waals surface area contributed by atoms with Crippen LogP contribution in [-0.2, 0) is 0 Å². The van der Waals surface area contributed by atoms with E-state index in [4.69, 9.17) is 5.73 Å². The van der Waals surface area contributed by atoms with Crippen molar-refractivity contribution in [2.75, 3.05) is 24.3 Å². The van der Waals surface area contributed by atoms with E-state index >= 15 is 0 Å². The van der Waals surface area contributed by atoms with E-state index in [0.29, 0.717) is 18.1 Å². The highest BCUT2D eigenvalue weighted by atomic mass is 32.2. The number of nitrogens with zero attached hydrogens (tertiary/aromatic N) is 5. The van der Waals surface area contributed by atoms with Gasteiger partial charge in [0.1, 0.15) is 0 Å². The van der Waals surface area contributed by atoms with Gasteiger partial charge in [0.25, 0.3) is 0 Å². The molecule has 1 saturated carbocycles. The minimum Gasteiger partial charge on any atom is -0.395 e. The zero-order valence-corrected chi connectivity index (χ0v) is 13.6. The van der Waals surface area contributed by atoms with Crippen LogP contribution in [0.25, 0.3) is 11.2 Å². The highest BCUT2D eigenvalue weighted by Crippen LogP contribution is 2.43. The van der Waals surface area contributed by atoms with Crippen LogP contribution in [0.3, 0.4) is 0 Å². The molecular weight excluding hydrogens is 316 g/mol. The van der Waals surface area contributed by atoms with E-state index < -0.39 is 6.10 Å². The molecule has 0 spiro atoms. The van der Waals surface area contributed by atoms with Gasteiger partial charge < -0.3 is 25.4 Å². The van der Waals surface area contributed by atoms with Crippen molar-refractivity contribution in [1.82, 2.24) is 19.5 Å². The minimum absolute atomic E-state index is 0.0134. The molecule has 4 rings (SSSR count). The molecule has 23 heavy (non-hydrogen) atoms. The lowest BCUT2D eigenvalue weighted by atomic mass is 10.2. The normalized spacial score (nSPS) is 27.7. The summed E-state index contributed by atoms with van der Waals surface area (Å²) >= 11 is 1.54. The molecule has 2 fully saturated rings. The number of imidazole rings is 1. The van der Waals surface area contributed by atoms with Crippen LogP contribution in [0.15, 0.2) is 6.33 Å². The van der Waals surface area contributed by atoms with Gasteiger partial charge in [-0.3, -0.25) is 0 Å². The Bertz CT molecular complexity index is 733. The lowest BCUT2D eigenvalue weighted by Crippen LogP contribution is -2.22. The van der Waals surface area contributed by atoms with Gasteiger partial charge in [-0.25, -0.2) is 4.98 Å². The third kappa shape index (κ3) is 2.52. The number of hydrogen-bond donors (Lipinski definition) is 3. The van der Waals surface area contributed by atoms with E-state index in [0.717, 1.165) is 24.2 Å². The second-order valence-electron chi connectivity index (χ2n) is 6.19. The topological polar surface area (TPSA) is 113 Å². The van der Waals surface area contributed by atoms with Gasteiger partial charge in [-0.1, -0.05) is 0 Å². The molecule has 2 aliphatic rings. The average Bonchev–Trinajstić information content (AvgIpc) is 3.20. The maximum Gasteiger partial charge on any atom is 0.224 e. The number of nitrogen functional groups attached to an aromatic ring is 1. The van der Waals surface area contributed by atoms with Gasteiger partial charge >= 0.3 is 0 Å². The lowest BCUT2D eigenvalue weighted by molar-refractivity contribution is 0.138. The van der Waals surface area contributed by atoms with Gasteiger partial charge in [-0.15, -0.1) is 11.8 Å². The number of nitrogens with two attached hydrogens (primary N) is 1. The minimum atomic E-state index is -0.528. The van der Waals surface area contributed by atoms with Gasteiger partial charge in [-0.2, -0.15) is 9.97 Å². The predicted octanol–water partition coefficient (Wildman–Crippen LogP) is 0.364. The summed E-state index contributed by atoms with van der Waals surface area (Å²) in [6.45, 7) is -0.0399. The van der Waals surface area contributed by atoms with E-state index in [1.54, 1.807) is 6.33 Å². The first-order valence-electron chi connectivity index (χ1n) is 7.75. The Morgan fingerprint density at radius 3 is 2.87 bits per heavy atom. The monoisotopic (exact) mass is 336 g/mol. The van der Waals surface area contributed by atoms with Crippen molar-refractivity contribution in [3.05, 3.63) is 6.33 Å². The molecule has 4 N–H and O–H groups in total. The van der Waals surface area contributed by atoms with Crippen molar-refractivity contribution in [2.24, 2.45) is 0 Å². The molecule has 1 saturated heterocycles. The second-order valence-corrected chi connectivity index (χ2v) is 7.61. The zero-order chi connectivity index (χ0) is 16.1. The van der Waals surface area contributed by atoms with E-state index in [-0.39, 0.29) is 23.2 Å². The summed E-state index contributed by atoms with van der Waals surface area (Å²) in [5.41, 5.74) is 7.32. The van der Waals surface area contributed by atoms with Gasteiger partial charge in [0, 0.05) is 19.5 Å². The van der Waals surface area contributed by atoms with Crippen LogP contribution in [-0.4, -0.2) is 60.8 Å². The Morgan fingerprint density at radius 1 is 1.43 bits per heavy atom. The Balaban J connectivity index is 1.75. The number of aliphatic hydroxyl groups is 2. The van der Waals surface area contributed by atoms with E-state index in [2.05, 4.69) is 19.9 Å². The van der Waals surface area contributed by atoms with E-state index in [1.165, 1.54) is 11.8 Å². The third-order valence-electron chi connectivity index (χ3n) is 4.54. The van der Waals surface area contributed by atoms with Crippen molar-refractivity contribution >= 4 is 34.7 Å². The van der Waals surface area contributed by atoms with Crippen molar-refractivity contribution < 1.29 is 10.2 Å². The molecule has 0 unspecified atom stereocenters. The summed E-state index contributed by atoms with van der Waals surface area (Å²) in [5.74, 6) is 0.986. The number of anilines is 2. The third-order valence-corrected chi connectivity index (χ3v) is 6.09. The number of aromatic nitrogens is 4. The number of aliphatic hydroxyl groups excluding tert-OH is 2. The fraction of sp³-hybridized carbons (Fsp3) is 0.643. The summed E-state index contributed by atoms with van der Waals surface area (Å²) in [4.78, 5) is 15.3. The molecule has 0 amide bonds. The first-order chi connectivity index (χ1) is 11.1. The molecule has 1 aliphatic carbocycles. The van der Waals surface area contributed by atoms with Crippen molar-refractivity contribution in [2.45, 2.75) is 42.0 Å². The van der Waals surface area contributed by atoms with Crippen LogP contribution in [0.2, 0.25) is 0 Å². The number of hydrogen-bond acceptors (Lipinski definition) is 8. The largest absolute Gasteiger partial charge is 0.395 e. The molecule has 124 valence electrons. The second kappa shape index (κ2) is 5.50. The van der Waals surface area contributed by atoms with Crippen LogP contribution in [0.5, 0.6) is 0 Å². The SMILES string of the molecule is CN(c1nc(N)nc2c1ncn2[C@H]1C[C@H](O)[C@@H](CO)S1)C1CC1. The molecule has 2 aromatic heterocycles. The summed E-state index contributed by atoms with van der Waals surface area (Å²) in [5, 5.41) is 19.2. The van der Waals surface area contributed by atoms with Crippen LogP contribution in [0, 0.1) is 0 Å². The average molecular weight is 336 g/mol. The van der Waals surface area contributed by atoms with Crippen LogP contribution in [0.4, 0.5) is 11.8 Å². The Kier molecular flexibility index (Phi) is 3.58. The fourth-order valence-electron chi connectivity index (χ4n) is 3.06. The van der Waals surface area contributed by atoms with Crippen molar-refractivity contribution in [1.29, 1.82) is 0 Å². The molecule has 9 heteroatoms. The highest BCUT2D eigenvalue weighted by Gasteiger charge is 2.36. The zero-order valence-electron chi connectivity index (χ0n) is 12.8. The number of thioether (sulfide) groups is 1. The molecular formula is C14H20N6O2S. The summed E-state index contributed by atoms with van der Waals surface area (Å²) in [7, 11) is 2.01. The Labute approximate surface area is 137 Å². The molecule has 0 radical (unpaired) electrons. The van der Waals surface area contributed by atoms with Crippen molar-refractivity contribution in [3.63, 3.8) is 0 Å². The maximum atomic E-state index is 10.0.